The van der Waals surface area contributed by atoms with Gasteiger partial charge in [0.1, 0.15) is 11.6 Å². The van der Waals surface area contributed by atoms with Crippen LogP contribution >= 0.6 is 11.8 Å². The standard InChI is InChI=1S/C19H16FN5OS/c1-25-16(11-13-5-3-2-4-6-13)22-23-19(25)27-12-17-21-18(24-26-17)14-7-9-15(20)10-8-14/h2-10H,11-12H2,1H3. The Morgan fingerprint density at radius 2 is 1.81 bits per heavy atom. The normalized spacial score (nSPS) is 11.0. The molecular formula is C19H16FN5OS. The summed E-state index contributed by atoms with van der Waals surface area (Å²) in [5, 5.41) is 13.2. The summed E-state index contributed by atoms with van der Waals surface area (Å²) in [7, 11) is 1.94. The van der Waals surface area contributed by atoms with Crippen LogP contribution in [-0.2, 0) is 19.2 Å². The van der Waals surface area contributed by atoms with Crippen LogP contribution in [0.1, 0.15) is 17.3 Å². The Balaban J connectivity index is 1.41. The van der Waals surface area contributed by atoms with Crippen LogP contribution < -0.4 is 0 Å². The molecule has 0 aliphatic rings. The van der Waals surface area contributed by atoms with E-state index in [1.807, 2.05) is 29.8 Å². The minimum atomic E-state index is -0.299. The quantitative estimate of drug-likeness (QED) is 0.472. The Kier molecular flexibility index (Phi) is 4.97. The van der Waals surface area contributed by atoms with Crippen LogP contribution in [0.5, 0.6) is 0 Å². The Morgan fingerprint density at radius 3 is 2.59 bits per heavy atom. The summed E-state index contributed by atoms with van der Waals surface area (Å²) in [4.78, 5) is 4.35. The van der Waals surface area contributed by atoms with E-state index in [2.05, 4.69) is 32.5 Å². The Bertz CT molecular complexity index is 1030. The molecule has 2 heterocycles. The predicted octanol–water partition coefficient (Wildman–Crippen LogP) is 3.89. The van der Waals surface area contributed by atoms with Gasteiger partial charge in [0.15, 0.2) is 5.16 Å². The average Bonchev–Trinajstić information content (AvgIpc) is 3.29. The van der Waals surface area contributed by atoms with Crippen molar-refractivity contribution in [2.24, 2.45) is 7.05 Å². The first kappa shape index (κ1) is 17.4. The highest BCUT2D eigenvalue weighted by molar-refractivity contribution is 7.98. The largest absolute Gasteiger partial charge is 0.338 e. The first-order valence-electron chi connectivity index (χ1n) is 8.32. The van der Waals surface area contributed by atoms with E-state index < -0.39 is 0 Å². The molecule has 0 saturated heterocycles. The van der Waals surface area contributed by atoms with Gasteiger partial charge < -0.3 is 9.09 Å². The van der Waals surface area contributed by atoms with E-state index in [-0.39, 0.29) is 5.82 Å². The molecule has 4 rings (SSSR count). The number of aromatic nitrogens is 5. The summed E-state index contributed by atoms with van der Waals surface area (Å²) >= 11 is 1.48. The van der Waals surface area contributed by atoms with Gasteiger partial charge in [-0.1, -0.05) is 47.3 Å². The van der Waals surface area contributed by atoms with Gasteiger partial charge in [-0.05, 0) is 29.8 Å². The summed E-state index contributed by atoms with van der Waals surface area (Å²) in [5.74, 6) is 1.99. The minimum Gasteiger partial charge on any atom is -0.338 e. The Morgan fingerprint density at radius 1 is 1.04 bits per heavy atom. The molecule has 0 bridgehead atoms. The summed E-state index contributed by atoms with van der Waals surface area (Å²) in [6, 6.07) is 16.1. The van der Waals surface area contributed by atoms with Crippen LogP contribution in [-0.4, -0.2) is 24.9 Å². The van der Waals surface area contributed by atoms with E-state index >= 15 is 0 Å². The second-order valence-electron chi connectivity index (χ2n) is 5.93. The van der Waals surface area contributed by atoms with Crippen LogP contribution in [0.3, 0.4) is 0 Å². The fraction of sp³-hybridized carbons (Fsp3) is 0.158. The molecule has 0 unspecified atom stereocenters. The lowest BCUT2D eigenvalue weighted by molar-refractivity contribution is 0.391. The third kappa shape index (κ3) is 4.06. The van der Waals surface area contributed by atoms with E-state index in [1.54, 1.807) is 12.1 Å². The van der Waals surface area contributed by atoms with E-state index in [1.165, 1.54) is 29.5 Å². The number of thioether (sulfide) groups is 1. The summed E-state index contributed by atoms with van der Waals surface area (Å²) in [6.45, 7) is 0. The number of rotatable bonds is 6. The molecule has 8 heteroatoms. The first-order valence-corrected chi connectivity index (χ1v) is 9.31. The molecule has 0 radical (unpaired) electrons. The van der Waals surface area contributed by atoms with Gasteiger partial charge in [0, 0.05) is 19.0 Å². The molecule has 27 heavy (non-hydrogen) atoms. The number of halogens is 1. The molecule has 0 aliphatic heterocycles. The smallest absolute Gasteiger partial charge is 0.237 e. The van der Waals surface area contributed by atoms with Crippen LogP contribution in [0.4, 0.5) is 4.39 Å². The third-order valence-corrected chi connectivity index (χ3v) is 5.03. The van der Waals surface area contributed by atoms with Crippen molar-refractivity contribution in [1.29, 1.82) is 0 Å². The SMILES string of the molecule is Cn1c(Cc2ccccc2)nnc1SCc1nc(-c2ccc(F)cc2)no1. The zero-order valence-corrected chi connectivity index (χ0v) is 15.4. The molecule has 4 aromatic rings. The lowest BCUT2D eigenvalue weighted by Crippen LogP contribution is -2.00. The Hall–Kier alpha value is -3.00. The van der Waals surface area contributed by atoms with Crippen LogP contribution in [0.2, 0.25) is 0 Å². The lowest BCUT2D eigenvalue weighted by atomic mass is 10.1. The van der Waals surface area contributed by atoms with Gasteiger partial charge in [-0.2, -0.15) is 4.98 Å². The number of nitrogens with zero attached hydrogens (tertiary/aromatic N) is 5. The topological polar surface area (TPSA) is 69.6 Å². The molecule has 0 aliphatic carbocycles. The van der Waals surface area contributed by atoms with E-state index in [9.17, 15) is 4.39 Å². The predicted molar refractivity (Wildman–Crippen MR) is 99.5 cm³/mol. The summed E-state index contributed by atoms with van der Waals surface area (Å²) in [5.41, 5.74) is 1.89. The molecule has 0 amide bonds. The van der Waals surface area contributed by atoms with E-state index in [0.717, 1.165) is 17.4 Å². The van der Waals surface area contributed by atoms with E-state index in [4.69, 9.17) is 4.52 Å². The van der Waals surface area contributed by atoms with Crippen molar-refractivity contribution in [1.82, 2.24) is 24.9 Å². The molecule has 136 valence electrons. The number of hydrogen-bond acceptors (Lipinski definition) is 6. The second-order valence-corrected chi connectivity index (χ2v) is 6.87. The van der Waals surface area contributed by atoms with Gasteiger partial charge in [0.2, 0.25) is 11.7 Å². The average molecular weight is 381 g/mol. The van der Waals surface area contributed by atoms with Crippen LogP contribution in [0.25, 0.3) is 11.4 Å². The highest BCUT2D eigenvalue weighted by Crippen LogP contribution is 2.23. The molecule has 0 N–H and O–H groups in total. The van der Waals surface area contributed by atoms with Gasteiger partial charge >= 0.3 is 0 Å². The van der Waals surface area contributed by atoms with Crippen molar-refractivity contribution in [3.8, 4) is 11.4 Å². The van der Waals surface area contributed by atoms with Gasteiger partial charge in [-0.15, -0.1) is 10.2 Å². The molecule has 0 atom stereocenters. The van der Waals surface area contributed by atoms with Gasteiger partial charge in [-0.25, -0.2) is 4.39 Å². The van der Waals surface area contributed by atoms with Gasteiger partial charge in [0.05, 0.1) is 5.75 Å². The molecule has 0 fully saturated rings. The molecule has 2 aromatic carbocycles. The second kappa shape index (κ2) is 7.71. The molecule has 0 spiro atoms. The molecule has 0 saturated carbocycles. The maximum atomic E-state index is 13.0. The lowest BCUT2D eigenvalue weighted by Gasteiger charge is -2.03. The molecular weight excluding hydrogens is 365 g/mol. The van der Waals surface area contributed by atoms with E-state index in [0.29, 0.717) is 23.0 Å². The van der Waals surface area contributed by atoms with Crippen LogP contribution in [0, 0.1) is 5.82 Å². The monoisotopic (exact) mass is 381 g/mol. The zero-order chi connectivity index (χ0) is 18.6. The molecule has 2 aromatic heterocycles. The number of benzene rings is 2. The van der Waals surface area contributed by atoms with Crippen molar-refractivity contribution in [3.05, 3.63) is 77.7 Å². The van der Waals surface area contributed by atoms with Crippen molar-refractivity contribution in [2.75, 3.05) is 0 Å². The van der Waals surface area contributed by atoms with Crippen molar-refractivity contribution in [2.45, 2.75) is 17.3 Å². The maximum absolute atomic E-state index is 13.0. The summed E-state index contributed by atoms with van der Waals surface area (Å²) < 4.78 is 20.3. The minimum absolute atomic E-state index is 0.299. The summed E-state index contributed by atoms with van der Waals surface area (Å²) in [6.07, 6.45) is 0.722. The van der Waals surface area contributed by atoms with Crippen LogP contribution in [0.15, 0.2) is 64.3 Å². The van der Waals surface area contributed by atoms with Crippen molar-refractivity contribution >= 4 is 11.8 Å². The van der Waals surface area contributed by atoms with Gasteiger partial charge in [-0.3, -0.25) is 0 Å². The molecule has 6 nitrogen and oxygen atoms in total. The number of hydrogen-bond donors (Lipinski definition) is 0. The Labute approximate surface area is 159 Å². The highest BCUT2D eigenvalue weighted by atomic mass is 32.2. The highest BCUT2D eigenvalue weighted by Gasteiger charge is 2.13. The first-order chi connectivity index (χ1) is 13.2. The van der Waals surface area contributed by atoms with Crippen molar-refractivity contribution in [3.63, 3.8) is 0 Å². The zero-order valence-electron chi connectivity index (χ0n) is 14.5. The maximum Gasteiger partial charge on any atom is 0.237 e. The fourth-order valence-corrected chi connectivity index (χ4v) is 3.33. The van der Waals surface area contributed by atoms with Gasteiger partial charge in [0.25, 0.3) is 0 Å². The fourth-order valence-electron chi connectivity index (χ4n) is 2.56. The van der Waals surface area contributed by atoms with Crippen molar-refractivity contribution < 1.29 is 8.91 Å². The third-order valence-electron chi connectivity index (χ3n) is 4.03.